The standard InChI is InChI=1S/C11H12ClFN2O2/c1-7(16)14-5-4-11(17)15-8-2-3-10(13)9(12)6-8/h2-3,6H,4-5H2,1H3,(H,14,16)(H,15,17). The van der Waals surface area contributed by atoms with E-state index in [-0.39, 0.29) is 29.8 Å². The Balaban J connectivity index is 2.45. The average molecular weight is 259 g/mol. The van der Waals surface area contributed by atoms with Gasteiger partial charge >= 0.3 is 0 Å². The predicted octanol–water partition coefficient (Wildman–Crippen LogP) is 1.94. The molecule has 0 atom stereocenters. The number of hydrogen-bond donors (Lipinski definition) is 2. The fourth-order valence-electron chi connectivity index (χ4n) is 1.15. The maximum absolute atomic E-state index is 12.8. The van der Waals surface area contributed by atoms with Crippen molar-refractivity contribution in [3.8, 4) is 0 Å². The molecular formula is C11H12ClFN2O2. The van der Waals surface area contributed by atoms with Gasteiger partial charge < -0.3 is 10.6 Å². The number of benzene rings is 1. The Morgan fingerprint density at radius 3 is 2.71 bits per heavy atom. The number of carbonyl (C=O) groups is 2. The molecule has 0 saturated heterocycles. The van der Waals surface area contributed by atoms with Gasteiger partial charge in [-0.15, -0.1) is 0 Å². The van der Waals surface area contributed by atoms with Crippen molar-refractivity contribution in [1.29, 1.82) is 0 Å². The lowest BCUT2D eigenvalue weighted by molar-refractivity contribution is -0.119. The Morgan fingerprint density at radius 1 is 1.41 bits per heavy atom. The molecule has 17 heavy (non-hydrogen) atoms. The van der Waals surface area contributed by atoms with Gasteiger partial charge in [-0.3, -0.25) is 9.59 Å². The third-order valence-corrected chi connectivity index (χ3v) is 2.22. The van der Waals surface area contributed by atoms with E-state index in [1.807, 2.05) is 0 Å². The van der Waals surface area contributed by atoms with Crippen LogP contribution in [0.1, 0.15) is 13.3 Å². The first-order valence-corrected chi connectivity index (χ1v) is 5.36. The molecule has 0 fully saturated rings. The highest BCUT2D eigenvalue weighted by atomic mass is 35.5. The second-order valence-electron chi connectivity index (χ2n) is 3.41. The van der Waals surface area contributed by atoms with Crippen LogP contribution in [0.2, 0.25) is 5.02 Å². The number of amides is 2. The monoisotopic (exact) mass is 258 g/mol. The number of rotatable bonds is 4. The zero-order chi connectivity index (χ0) is 12.8. The molecule has 0 spiro atoms. The molecule has 1 rings (SSSR count). The molecule has 0 bridgehead atoms. The smallest absolute Gasteiger partial charge is 0.226 e. The van der Waals surface area contributed by atoms with Gasteiger partial charge in [0.15, 0.2) is 0 Å². The van der Waals surface area contributed by atoms with Crippen molar-refractivity contribution in [3.63, 3.8) is 0 Å². The summed E-state index contributed by atoms with van der Waals surface area (Å²) in [4.78, 5) is 22.0. The summed E-state index contributed by atoms with van der Waals surface area (Å²) in [5.41, 5.74) is 0.421. The van der Waals surface area contributed by atoms with E-state index in [4.69, 9.17) is 11.6 Å². The van der Waals surface area contributed by atoms with Crippen molar-refractivity contribution in [2.24, 2.45) is 0 Å². The predicted molar refractivity (Wildman–Crippen MR) is 63.3 cm³/mol. The zero-order valence-electron chi connectivity index (χ0n) is 9.22. The number of nitrogens with one attached hydrogen (secondary N) is 2. The summed E-state index contributed by atoms with van der Waals surface area (Å²) in [5.74, 6) is -1.01. The van der Waals surface area contributed by atoms with Crippen LogP contribution in [0.4, 0.5) is 10.1 Å². The maximum Gasteiger partial charge on any atom is 0.226 e. The summed E-state index contributed by atoms with van der Waals surface area (Å²) in [6.45, 7) is 1.63. The molecule has 1 aromatic rings. The highest BCUT2D eigenvalue weighted by molar-refractivity contribution is 6.31. The number of hydrogen-bond acceptors (Lipinski definition) is 2. The minimum atomic E-state index is -0.539. The Labute approximate surface area is 103 Å². The second kappa shape index (κ2) is 6.20. The Hall–Kier alpha value is -1.62. The van der Waals surface area contributed by atoms with Gasteiger partial charge in [0.05, 0.1) is 5.02 Å². The molecule has 2 amide bonds. The molecule has 0 radical (unpaired) electrons. The van der Waals surface area contributed by atoms with Crippen LogP contribution in [0, 0.1) is 5.82 Å². The highest BCUT2D eigenvalue weighted by Crippen LogP contribution is 2.19. The van der Waals surface area contributed by atoms with Crippen molar-refractivity contribution in [2.45, 2.75) is 13.3 Å². The van der Waals surface area contributed by atoms with E-state index in [1.165, 1.54) is 25.1 Å². The molecule has 0 heterocycles. The fraction of sp³-hybridized carbons (Fsp3) is 0.273. The van der Waals surface area contributed by atoms with Gasteiger partial charge in [0, 0.05) is 25.6 Å². The van der Waals surface area contributed by atoms with Crippen molar-refractivity contribution >= 4 is 29.1 Å². The van der Waals surface area contributed by atoms with Crippen molar-refractivity contribution in [1.82, 2.24) is 5.32 Å². The molecule has 6 heteroatoms. The topological polar surface area (TPSA) is 58.2 Å². The van der Waals surface area contributed by atoms with Crippen LogP contribution in [0.3, 0.4) is 0 Å². The van der Waals surface area contributed by atoms with Gasteiger partial charge in [-0.05, 0) is 18.2 Å². The van der Waals surface area contributed by atoms with Gasteiger partial charge in [0.2, 0.25) is 11.8 Å². The third-order valence-electron chi connectivity index (χ3n) is 1.93. The van der Waals surface area contributed by atoms with Crippen molar-refractivity contribution < 1.29 is 14.0 Å². The molecule has 0 aliphatic heterocycles. The van der Waals surface area contributed by atoms with Crippen LogP contribution in [0.25, 0.3) is 0 Å². The van der Waals surface area contributed by atoms with E-state index in [2.05, 4.69) is 10.6 Å². The molecule has 92 valence electrons. The molecule has 0 saturated carbocycles. The molecule has 4 nitrogen and oxygen atoms in total. The Bertz CT molecular complexity index is 437. The SMILES string of the molecule is CC(=O)NCCC(=O)Nc1ccc(F)c(Cl)c1. The molecular weight excluding hydrogens is 247 g/mol. The highest BCUT2D eigenvalue weighted by Gasteiger charge is 2.05. The first kappa shape index (κ1) is 13.4. The van der Waals surface area contributed by atoms with Gasteiger partial charge in [-0.1, -0.05) is 11.6 Å². The van der Waals surface area contributed by atoms with Gasteiger partial charge in [-0.2, -0.15) is 0 Å². The van der Waals surface area contributed by atoms with E-state index >= 15 is 0 Å². The van der Waals surface area contributed by atoms with E-state index < -0.39 is 5.82 Å². The lowest BCUT2D eigenvalue weighted by Gasteiger charge is -2.06. The zero-order valence-corrected chi connectivity index (χ0v) is 9.97. The van der Waals surface area contributed by atoms with Crippen LogP contribution in [-0.2, 0) is 9.59 Å². The summed E-state index contributed by atoms with van der Waals surface area (Å²) in [5, 5.41) is 4.99. The maximum atomic E-state index is 12.8. The quantitative estimate of drug-likeness (QED) is 0.867. The summed E-state index contributed by atoms with van der Waals surface area (Å²) < 4.78 is 12.8. The molecule has 1 aromatic carbocycles. The fourth-order valence-corrected chi connectivity index (χ4v) is 1.33. The number of carbonyl (C=O) groups excluding carboxylic acids is 2. The molecule has 0 aliphatic carbocycles. The summed E-state index contributed by atoms with van der Waals surface area (Å²) in [6, 6.07) is 3.91. The Kier molecular flexibility index (Phi) is 4.90. The minimum Gasteiger partial charge on any atom is -0.356 e. The number of halogens is 2. The first-order chi connectivity index (χ1) is 7.99. The van der Waals surface area contributed by atoms with Crippen molar-refractivity contribution in [2.75, 3.05) is 11.9 Å². The van der Waals surface area contributed by atoms with Crippen LogP contribution in [0.15, 0.2) is 18.2 Å². The third kappa shape index (κ3) is 4.82. The van der Waals surface area contributed by atoms with E-state index in [0.29, 0.717) is 5.69 Å². The summed E-state index contributed by atoms with van der Waals surface area (Å²) in [7, 11) is 0. The van der Waals surface area contributed by atoms with Gasteiger partial charge in [-0.25, -0.2) is 4.39 Å². The number of anilines is 1. The van der Waals surface area contributed by atoms with E-state index in [1.54, 1.807) is 0 Å². The van der Waals surface area contributed by atoms with Crippen LogP contribution in [-0.4, -0.2) is 18.4 Å². The van der Waals surface area contributed by atoms with Crippen molar-refractivity contribution in [3.05, 3.63) is 29.0 Å². The van der Waals surface area contributed by atoms with Crippen LogP contribution < -0.4 is 10.6 Å². The summed E-state index contributed by atoms with van der Waals surface area (Å²) in [6.07, 6.45) is 0.147. The molecule has 0 unspecified atom stereocenters. The van der Waals surface area contributed by atoms with Crippen LogP contribution >= 0.6 is 11.6 Å². The van der Waals surface area contributed by atoms with E-state index in [0.717, 1.165) is 0 Å². The van der Waals surface area contributed by atoms with Gasteiger partial charge in [0.25, 0.3) is 0 Å². The summed E-state index contributed by atoms with van der Waals surface area (Å²) >= 11 is 5.56. The minimum absolute atomic E-state index is 0.0512. The van der Waals surface area contributed by atoms with E-state index in [9.17, 15) is 14.0 Å². The normalized spacial score (nSPS) is 9.82. The molecule has 0 aliphatic rings. The van der Waals surface area contributed by atoms with Gasteiger partial charge in [0.1, 0.15) is 5.82 Å². The second-order valence-corrected chi connectivity index (χ2v) is 3.82. The molecule has 0 aromatic heterocycles. The lowest BCUT2D eigenvalue weighted by atomic mass is 10.3. The average Bonchev–Trinajstić information content (AvgIpc) is 2.23. The van der Waals surface area contributed by atoms with Crippen LogP contribution in [0.5, 0.6) is 0 Å². The Morgan fingerprint density at radius 2 is 2.12 bits per heavy atom. The molecule has 2 N–H and O–H groups in total. The largest absolute Gasteiger partial charge is 0.356 e. The first-order valence-electron chi connectivity index (χ1n) is 4.98. The lowest BCUT2D eigenvalue weighted by Crippen LogP contribution is -2.25.